The number of nitrogens with zero attached hydrogens (tertiary/aromatic N) is 3. The molecule has 0 unspecified atom stereocenters. The molecule has 0 aliphatic carbocycles. The Morgan fingerprint density at radius 3 is 2.12 bits per heavy atom. The molecule has 3 aromatic carbocycles. The fourth-order valence-electron chi connectivity index (χ4n) is 5.46. The standard InChI is InChI=1S/C26H18ClN3O4/c1-28-20-12-11-16(27)13-19(20)26(15-7-3-2-4-8-15)22(25(34)29(26)14-21(28)31)30-23(32)17-9-5-6-10-18(17)24(30)33/h2-13,22H,14H2,1H3/t22-,26+/m1/s1. The molecule has 0 aromatic heterocycles. The van der Waals surface area contributed by atoms with Gasteiger partial charge in [-0.1, -0.05) is 54.1 Å². The van der Waals surface area contributed by atoms with Crippen LogP contribution in [-0.2, 0) is 15.1 Å². The average Bonchev–Trinajstić information content (AvgIpc) is 3.05. The molecular weight excluding hydrogens is 454 g/mol. The number of anilines is 1. The van der Waals surface area contributed by atoms with Gasteiger partial charge < -0.3 is 9.80 Å². The third-order valence-electron chi connectivity index (χ3n) is 7.02. The minimum atomic E-state index is -1.27. The van der Waals surface area contributed by atoms with Crippen LogP contribution in [0.5, 0.6) is 0 Å². The Morgan fingerprint density at radius 2 is 1.47 bits per heavy atom. The Morgan fingerprint density at radius 1 is 0.853 bits per heavy atom. The van der Waals surface area contributed by atoms with Gasteiger partial charge in [0, 0.05) is 23.3 Å². The van der Waals surface area contributed by atoms with Gasteiger partial charge in [0.1, 0.15) is 12.1 Å². The van der Waals surface area contributed by atoms with E-state index in [1.807, 2.05) is 30.3 Å². The van der Waals surface area contributed by atoms with Crippen molar-refractivity contribution in [2.24, 2.45) is 0 Å². The molecule has 3 aliphatic rings. The number of likely N-dealkylation sites (N-methyl/N-ethyl adjacent to an activating group) is 1. The molecule has 4 amide bonds. The summed E-state index contributed by atoms with van der Waals surface area (Å²) >= 11 is 6.42. The van der Waals surface area contributed by atoms with Gasteiger partial charge in [0.05, 0.1) is 11.1 Å². The van der Waals surface area contributed by atoms with E-state index in [9.17, 15) is 19.2 Å². The monoisotopic (exact) mass is 471 g/mol. The lowest BCUT2D eigenvalue weighted by Crippen LogP contribution is -2.78. The molecular formula is C26H18ClN3O4. The molecule has 0 saturated carbocycles. The second kappa shape index (κ2) is 7.01. The molecule has 7 nitrogen and oxygen atoms in total. The summed E-state index contributed by atoms with van der Waals surface area (Å²) in [6, 6.07) is 19.7. The smallest absolute Gasteiger partial charge is 0.262 e. The first-order chi connectivity index (χ1) is 16.4. The summed E-state index contributed by atoms with van der Waals surface area (Å²) in [5.41, 5.74) is 1.08. The van der Waals surface area contributed by atoms with Crippen LogP contribution >= 0.6 is 11.6 Å². The minimum absolute atomic E-state index is 0.198. The van der Waals surface area contributed by atoms with Gasteiger partial charge >= 0.3 is 0 Å². The number of imide groups is 1. The summed E-state index contributed by atoms with van der Waals surface area (Å²) in [6.07, 6.45) is 0. The third kappa shape index (κ3) is 2.42. The lowest BCUT2D eigenvalue weighted by molar-refractivity contribution is -0.167. The van der Waals surface area contributed by atoms with E-state index < -0.39 is 29.3 Å². The van der Waals surface area contributed by atoms with Crippen LogP contribution in [0.25, 0.3) is 0 Å². The molecule has 168 valence electrons. The first-order valence-electron chi connectivity index (χ1n) is 10.8. The van der Waals surface area contributed by atoms with Gasteiger partial charge in [-0.3, -0.25) is 24.1 Å². The van der Waals surface area contributed by atoms with Gasteiger partial charge in [-0.05, 0) is 35.9 Å². The number of fused-ring (bicyclic) bond motifs is 4. The fraction of sp³-hybridized carbons (Fsp3) is 0.154. The van der Waals surface area contributed by atoms with Crippen LogP contribution in [0.4, 0.5) is 5.69 Å². The number of hydrogen-bond donors (Lipinski definition) is 0. The van der Waals surface area contributed by atoms with Gasteiger partial charge in [0.2, 0.25) is 5.91 Å². The fourth-order valence-corrected chi connectivity index (χ4v) is 5.63. The van der Waals surface area contributed by atoms with Crippen molar-refractivity contribution in [3.8, 4) is 0 Å². The van der Waals surface area contributed by atoms with Gasteiger partial charge in [-0.2, -0.15) is 0 Å². The molecule has 6 rings (SSSR count). The summed E-state index contributed by atoms with van der Waals surface area (Å²) in [4.78, 5) is 57.7. The van der Waals surface area contributed by atoms with Crippen LogP contribution in [0, 0.1) is 0 Å². The molecule has 0 N–H and O–H groups in total. The third-order valence-corrected chi connectivity index (χ3v) is 7.25. The Balaban J connectivity index is 1.66. The van der Waals surface area contributed by atoms with Gasteiger partial charge in [0.25, 0.3) is 17.7 Å². The highest BCUT2D eigenvalue weighted by Gasteiger charge is 2.69. The minimum Gasteiger partial charge on any atom is -0.315 e. The van der Waals surface area contributed by atoms with Crippen LogP contribution < -0.4 is 4.90 Å². The normalized spacial score (nSPS) is 23.4. The van der Waals surface area contributed by atoms with Crippen LogP contribution in [-0.4, -0.2) is 53.1 Å². The van der Waals surface area contributed by atoms with Crippen LogP contribution in [0.1, 0.15) is 31.8 Å². The summed E-state index contributed by atoms with van der Waals surface area (Å²) < 4.78 is 0. The molecule has 3 aromatic rings. The highest BCUT2D eigenvalue weighted by atomic mass is 35.5. The largest absolute Gasteiger partial charge is 0.315 e. The maximum absolute atomic E-state index is 13.7. The summed E-state index contributed by atoms with van der Waals surface area (Å²) in [6.45, 7) is -0.198. The van der Waals surface area contributed by atoms with Crippen molar-refractivity contribution in [2.75, 3.05) is 18.5 Å². The van der Waals surface area contributed by atoms with E-state index in [0.717, 1.165) is 4.90 Å². The molecule has 1 saturated heterocycles. The first-order valence-corrected chi connectivity index (χ1v) is 11.2. The number of carbonyl (C=O) groups is 4. The molecule has 0 spiro atoms. The lowest BCUT2D eigenvalue weighted by Gasteiger charge is -2.58. The number of amides is 4. The second-order valence-corrected chi connectivity index (χ2v) is 9.04. The van der Waals surface area contributed by atoms with Crippen LogP contribution in [0.3, 0.4) is 0 Å². The predicted octanol–water partition coefficient (Wildman–Crippen LogP) is 3.07. The zero-order valence-electron chi connectivity index (χ0n) is 18.1. The van der Waals surface area contributed by atoms with Gasteiger partial charge in [-0.25, -0.2) is 0 Å². The predicted molar refractivity (Wildman–Crippen MR) is 125 cm³/mol. The van der Waals surface area contributed by atoms with Crippen molar-refractivity contribution in [3.63, 3.8) is 0 Å². The van der Waals surface area contributed by atoms with Crippen molar-refractivity contribution in [3.05, 3.63) is 100 Å². The number of benzene rings is 3. The highest BCUT2D eigenvalue weighted by Crippen LogP contribution is 2.54. The van der Waals surface area contributed by atoms with Crippen LogP contribution in [0.15, 0.2) is 72.8 Å². The molecule has 0 radical (unpaired) electrons. The summed E-state index contributed by atoms with van der Waals surface area (Å²) in [7, 11) is 1.64. The van der Waals surface area contributed by atoms with E-state index in [-0.39, 0.29) is 23.6 Å². The SMILES string of the molecule is CN1C(=O)CN2C(=O)[C@@H](N3C(=O)c4ccccc4C3=O)[C@]2(c2ccccc2)c2cc(Cl)ccc21. The molecule has 3 aliphatic heterocycles. The molecule has 3 heterocycles. The Labute approximate surface area is 200 Å². The lowest BCUT2D eigenvalue weighted by atomic mass is 9.67. The molecule has 0 bridgehead atoms. The van der Waals surface area contributed by atoms with E-state index >= 15 is 0 Å². The Hall–Kier alpha value is -3.97. The van der Waals surface area contributed by atoms with E-state index in [4.69, 9.17) is 11.6 Å². The number of carbonyl (C=O) groups excluding carboxylic acids is 4. The topological polar surface area (TPSA) is 78.0 Å². The van der Waals surface area contributed by atoms with Crippen molar-refractivity contribution in [1.29, 1.82) is 0 Å². The zero-order valence-corrected chi connectivity index (χ0v) is 18.8. The van der Waals surface area contributed by atoms with Gasteiger partial charge in [0.15, 0.2) is 6.04 Å². The molecule has 1 fully saturated rings. The maximum atomic E-state index is 13.7. The molecule has 2 atom stereocenters. The van der Waals surface area contributed by atoms with Crippen molar-refractivity contribution in [1.82, 2.24) is 9.80 Å². The van der Waals surface area contributed by atoms with Crippen molar-refractivity contribution >= 4 is 40.9 Å². The van der Waals surface area contributed by atoms with Crippen LogP contribution in [0.2, 0.25) is 5.02 Å². The van der Waals surface area contributed by atoms with E-state index in [1.54, 1.807) is 49.5 Å². The Kier molecular flexibility index (Phi) is 4.25. The number of hydrogen-bond acceptors (Lipinski definition) is 4. The van der Waals surface area contributed by atoms with E-state index in [2.05, 4.69) is 0 Å². The van der Waals surface area contributed by atoms with Gasteiger partial charge in [-0.15, -0.1) is 0 Å². The van der Waals surface area contributed by atoms with E-state index in [1.165, 1.54) is 9.80 Å². The zero-order chi connectivity index (χ0) is 23.8. The number of rotatable bonds is 2. The van der Waals surface area contributed by atoms with E-state index in [0.29, 0.717) is 21.8 Å². The number of β-lactam (4-membered cyclic amide) rings is 1. The maximum Gasteiger partial charge on any atom is 0.262 e. The molecule has 8 heteroatoms. The summed E-state index contributed by atoms with van der Waals surface area (Å²) in [5.74, 6) is -1.80. The average molecular weight is 472 g/mol. The second-order valence-electron chi connectivity index (χ2n) is 8.60. The first kappa shape index (κ1) is 20.6. The molecule has 34 heavy (non-hydrogen) atoms. The van der Waals surface area contributed by atoms with Crippen molar-refractivity contribution in [2.45, 2.75) is 11.6 Å². The Bertz CT molecular complexity index is 1390. The highest BCUT2D eigenvalue weighted by molar-refractivity contribution is 6.31. The summed E-state index contributed by atoms with van der Waals surface area (Å²) in [5, 5.41) is 0.414. The quantitative estimate of drug-likeness (QED) is 0.425. The van der Waals surface area contributed by atoms with Crippen molar-refractivity contribution < 1.29 is 19.2 Å². The number of halogens is 1.